The molecule has 4 nitrogen and oxygen atoms in total. The first-order valence-electron chi connectivity index (χ1n) is 22.6. The van der Waals surface area contributed by atoms with Gasteiger partial charge in [0.15, 0.2) is 0 Å². The molecule has 0 unspecified atom stereocenters. The van der Waals surface area contributed by atoms with Crippen LogP contribution in [0.5, 0.6) is 0 Å². The molecule has 0 aliphatic heterocycles. The fraction of sp³-hybridized carbons (Fsp3) is 0. The van der Waals surface area contributed by atoms with Crippen LogP contribution >= 0.6 is 0 Å². The second-order valence-electron chi connectivity index (χ2n) is 17.0. The summed E-state index contributed by atoms with van der Waals surface area (Å²) in [6.07, 6.45) is 0. The molecule has 0 amide bonds. The number of nitrogens with zero attached hydrogens (tertiary/aromatic N) is 2. The van der Waals surface area contributed by atoms with E-state index in [-0.39, 0.29) is 0 Å². The van der Waals surface area contributed by atoms with Gasteiger partial charge in [0, 0.05) is 66.4 Å². The smallest absolute Gasteiger partial charge is 0.0558 e. The van der Waals surface area contributed by atoms with Crippen LogP contribution in [-0.4, -0.2) is 0 Å². The van der Waals surface area contributed by atoms with Crippen molar-refractivity contribution in [2.75, 3.05) is 20.4 Å². The molecule has 0 spiro atoms. The highest BCUT2D eigenvalue weighted by Gasteiger charge is 2.29. The minimum absolute atomic E-state index is 1.04. The quantitative estimate of drug-likeness (QED) is 0.134. The normalized spacial score (nSPS) is 11.6. The fourth-order valence-electron chi connectivity index (χ4n) is 10.6. The van der Waals surface area contributed by atoms with Gasteiger partial charge >= 0.3 is 0 Å². The predicted molar refractivity (Wildman–Crippen MR) is 283 cm³/mol. The molecule has 0 aliphatic carbocycles. The number of hydrogen-bond acceptors (Lipinski definition) is 4. The number of rotatable bonds is 10. The number of anilines is 10. The number of hydrogen-bond donors (Lipinski definition) is 2. The van der Waals surface area contributed by atoms with Crippen molar-refractivity contribution < 1.29 is 0 Å². The van der Waals surface area contributed by atoms with Gasteiger partial charge in [0.25, 0.3) is 0 Å². The molecule has 13 rings (SSSR count). The highest BCUT2D eigenvalue weighted by molar-refractivity contribution is 6.47. The maximum absolute atomic E-state index is 4.08. The van der Waals surface area contributed by atoms with E-state index in [0.29, 0.717) is 0 Å². The summed E-state index contributed by atoms with van der Waals surface area (Å²) in [4.78, 5) is 4.78. The molecule has 310 valence electrons. The predicted octanol–water partition coefficient (Wildman–Crippen LogP) is 17.9. The highest BCUT2D eigenvalue weighted by atomic mass is 15.1. The van der Waals surface area contributed by atoms with Gasteiger partial charge in [0.1, 0.15) is 0 Å². The van der Waals surface area contributed by atoms with Crippen molar-refractivity contribution >= 4 is 122 Å². The van der Waals surface area contributed by atoms with Crippen LogP contribution in [0.1, 0.15) is 0 Å². The van der Waals surface area contributed by atoms with E-state index in [1.165, 1.54) is 64.6 Å². The third kappa shape index (κ3) is 5.93. The minimum atomic E-state index is 1.04. The molecule has 0 heterocycles. The number of nitrogens with one attached hydrogen (secondary N) is 2. The Morgan fingerprint density at radius 2 is 0.485 bits per heavy atom. The summed E-state index contributed by atoms with van der Waals surface area (Å²) >= 11 is 0. The monoisotopic (exact) mass is 842 g/mol. The summed E-state index contributed by atoms with van der Waals surface area (Å²) in [5.41, 5.74) is 11.0. The average molecular weight is 843 g/mol. The molecule has 0 saturated carbocycles. The molecule has 2 N–H and O–H groups in total. The Morgan fingerprint density at radius 1 is 0.212 bits per heavy atom. The Morgan fingerprint density at radius 3 is 0.803 bits per heavy atom. The molecule has 0 aliphatic rings. The average Bonchev–Trinajstić information content (AvgIpc) is 3.91. The van der Waals surface area contributed by atoms with Gasteiger partial charge in [0.2, 0.25) is 0 Å². The minimum Gasteiger partial charge on any atom is -0.354 e. The largest absolute Gasteiger partial charge is 0.354 e. The Bertz CT molecular complexity index is 3450. The van der Waals surface area contributed by atoms with Crippen molar-refractivity contribution in [2.45, 2.75) is 0 Å². The first-order chi connectivity index (χ1) is 32.8. The van der Waals surface area contributed by atoms with E-state index in [9.17, 15) is 0 Å². The lowest BCUT2D eigenvalue weighted by molar-refractivity contribution is 1.30. The lowest BCUT2D eigenvalue weighted by Gasteiger charge is -2.27. The van der Waals surface area contributed by atoms with Crippen molar-refractivity contribution in [3.63, 3.8) is 0 Å². The van der Waals surface area contributed by atoms with Crippen molar-refractivity contribution in [2.24, 2.45) is 0 Å². The Kier molecular flexibility index (Phi) is 8.81. The lowest BCUT2D eigenvalue weighted by Crippen LogP contribution is -2.10. The topological polar surface area (TPSA) is 30.5 Å². The van der Waals surface area contributed by atoms with Gasteiger partial charge in [-0.1, -0.05) is 158 Å². The van der Waals surface area contributed by atoms with E-state index in [0.717, 1.165) is 56.9 Å². The van der Waals surface area contributed by atoms with Gasteiger partial charge in [-0.25, -0.2) is 0 Å². The summed E-state index contributed by atoms with van der Waals surface area (Å²) < 4.78 is 0. The molecule has 0 fully saturated rings. The third-order valence-corrected chi connectivity index (χ3v) is 13.2. The summed E-state index contributed by atoms with van der Waals surface area (Å²) in [6.45, 7) is 0. The Labute approximate surface area is 382 Å². The maximum Gasteiger partial charge on any atom is 0.0558 e. The fourth-order valence-corrected chi connectivity index (χ4v) is 10.6. The van der Waals surface area contributed by atoms with E-state index in [4.69, 9.17) is 0 Å². The number of para-hydroxylation sites is 6. The molecular formula is C62H42N4. The van der Waals surface area contributed by atoms with E-state index in [1.54, 1.807) is 0 Å². The van der Waals surface area contributed by atoms with E-state index >= 15 is 0 Å². The van der Waals surface area contributed by atoms with Crippen molar-refractivity contribution in [1.82, 2.24) is 0 Å². The molecule has 13 aromatic rings. The molecular weight excluding hydrogens is 801 g/mol. The van der Waals surface area contributed by atoms with Crippen LogP contribution in [0, 0.1) is 0 Å². The lowest BCUT2D eigenvalue weighted by atomic mass is 9.99. The number of fused-ring (bicyclic) bond motifs is 6. The van der Waals surface area contributed by atoms with Crippen LogP contribution in [0.15, 0.2) is 243 Å². The maximum atomic E-state index is 4.08. The van der Waals surface area contributed by atoms with Gasteiger partial charge in [-0.3, -0.25) is 0 Å². The van der Waals surface area contributed by atoms with Crippen LogP contribution in [0.4, 0.5) is 56.9 Å². The van der Waals surface area contributed by atoms with Crippen molar-refractivity contribution in [3.05, 3.63) is 243 Å². The molecule has 66 heavy (non-hydrogen) atoms. The standard InChI is InChI=1S/C62H42N4/c1-7-21-41(22-8-1)63-61-57-49-35-19-33-47-54(66(45-29-15-5-16-30-45)46-31-17-6-18-32-46)40-38-52(55(47)49)60(57)62(64-42-23-9-2-10-24-42)58-50-36-20-34-48-53(39-37-51(56(48)50)59(58)61)65(43-25-11-3-12-26-43)44-27-13-4-14-28-44/h1-40,63-64H. The van der Waals surface area contributed by atoms with Gasteiger partial charge < -0.3 is 20.4 Å². The molecule has 0 radical (unpaired) electrons. The van der Waals surface area contributed by atoms with Gasteiger partial charge in [-0.05, 0) is 117 Å². The zero-order chi connectivity index (χ0) is 43.6. The molecule has 0 saturated heterocycles. The summed E-state index contributed by atoms with van der Waals surface area (Å²) in [5, 5.41) is 22.7. The second-order valence-corrected chi connectivity index (χ2v) is 17.0. The van der Waals surface area contributed by atoms with Crippen LogP contribution in [0.25, 0.3) is 64.6 Å². The first kappa shape index (κ1) is 37.7. The van der Waals surface area contributed by atoms with Gasteiger partial charge in [-0.15, -0.1) is 0 Å². The van der Waals surface area contributed by atoms with Crippen molar-refractivity contribution in [1.29, 1.82) is 0 Å². The molecule has 0 bridgehead atoms. The van der Waals surface area contributed by atoms with Crippen molar-refractivity contribution in [3.8, 4) is 0 Å². The van der Waals surface area contributed by atoms with E-state index in [1.807, 2.05) is 0 Å². The van der Waals surface area contributed by atoms with Crippen LogP contribution in [-0.2, 0) is 0 Å². The molecule has 0 aromatic heterocycles. The Balaban J connectivity index is 1.18. The van der Waals surface area contributed by atoms with Gasteiger partial charge in [-0.2, -0.15) is 0 Å². The van der Waals surface area contributed by atoms with Crippen LogP contribution in [0.3, 0.4) is 0 Å². The first-order valence-corrected chi connectivity index (χ1v) is 22.6. The van der Waals surface area contributed by atoms with E-state index in [2.05, 4.69) is 263 Å². The summed E-state index contributed by atoms with van der Waals surface area (Å²) in [6, 6.07) is 87.2. The zero-order valence-corrected chi connectivity index (χ0v) is 36.0. The summed E-state index contributed by atoms with van der Waals surface area (Å²) in [7, 11) is 0. The van der Waals surface area contributed by atoms with Crippen LogP contribution < -0.4 is 20.4 Å². The molecule has 13 aromatic carbocycles. The van der Waals surface area contributed by atoms with E-state index < -0.39 is 0 Å². The van der Waals surface area contributed by atoms with Gasteiger partial charge in [0.05, 0.1) is 22.7 Å². The zero-order valence-electron chi connectivity index (χ0n) is 36.0. The van der Waals surface area contributed by atoms with Crippen LogP contribution in [0.2, 0.25) is 0 Å². The molecule has 4 heteroatoms. The Hall–Kier alpha value is -8.86. The number of benzene rings is 11. The summed E-state index contributed by atoms with van der Waals surface area (Å²) in [5.74, 6) is 0. The highest BCUT2D eigenvalue weighted by Crippen LogP contribution is 2.57. The SMILES string of the molecule is c1ccc(Nc2c3c4cccc5c(N(c6ccccc6)c6ccccc6)ccc(c3c(Nc3ccccc3)c3c6cccc7c(N(c8ccccc8)c8ccccc8)ccc(c23)c76)c54)cc1. The third-order valence-electron chi connectivity index (χ3n) is 13.2. The second kappa shape index (κ2) is 15.4. The molecule has 0 atom stereocenters.